The van der Waals surface area contributed by atoms with Crippen LogP contribution >= 0.6 is 34.8 Å². The third kappa shape index (κ3) is 7.22. The Morgan fingerprint density at radius 1 is 1.03 bits per heavy atom. The van der Waals surface area contributed by atoms with Crippen molar-refractivity contribution in [1.29, 1.82) is 0 Å². The number of carbonyl (C=O) groups is 2. The van der Waals surface area contributed by atoms with Gasteiger partial charge < -0.3 is 10.2 Å². The zero-order valence-electron chi connectivity index (χ0n) is 16.6. The summed E-state index contributed by atoms with van der Waals surface area (Å²) in [5.41, 5.74) is 1.55. The van der Waals surface area contributed by atoms with E-state index in [1.807, 2.05) is 0 Å². The van der Waals surface area contributed by atoms with Crippen molar-refractivity contribution >= 4 is 46.6 Å². The number of unbranched alkanes of at least 4 members (excludes halogenated alkanes) is 1. The number of hydrogen-bond donors (Lipinski definition) is 1. The van der Waals surface area contributed by atoms with Crippen molar-refractivity contribution in [3.8, 4) is 0 Å². The third-order valence-corrected chi connectivity index (χ3v) is 5.46. The number of halogens is 3. The lowest BCUT2D eigenvalue weighted by atomic mass is 10.1. The van der Waals surface area contributed by atoms with Crippen LogP contribution in [0.3, 0.4) is 0 Å². The summed E-state index contributed by atoms with van der Waals surface area (Å²) in [6, 6.07) is 11.6. The second-order valence-electron chi connectivity index (χ2n) is 6.88. The predicted molar refractivity (Wildman–Crippen MR) is 120 cm³/mol. The van der Waals surface area contributed by atoms with Crippen LogP contribution in [0.1, 0.15) is 37.8 Å². The SMILES string of the molecule is CCCCNC(=O)C(C)N(Cc1ccc(Cl)cc1Cl)C(=O)Cc1ccc(Cl)cc1. The molecule has 0 radical (unpaired) electrons. The van der Waals surface area contributed by atoms with Crippen molar-refractivity contribution in [3.05, 3.63) is 68.7 Å². The maximum Gasteiger partial charge on any atom is 0.242 e. The van der Waals surface area contributed by atoms with E-state index in [1.54, 1.807) is 54.3 Å². The Balaban J connectivity index is 2.21. The van der Waals surface area contributed by atoms with Crippen molar-refractivity contribution in [2.45, 2.75) is 45.7 Å². The van der Waals surface area contributed by atoms with Crippen LogP contribution in [0, 0.1) is 0 Å². The number of nitrogens with zero attached hydrogens (tertiary/aromatic N) is 1. The first-order chi connectivity index (χ1) is 13.8. The number of carbonyl (C=O) groups excluding carboxylic acids is 2. The molecule has 0 aliphatic carbocycles. The Morgan fingerprint density at radius 2 is 1.69 bits per heavy atom. The van der Waals surface area contributed by atoms with E-state index < -0.39 is 6.04 Å². The van der Waals surface area contributed by atoms with Gasteiger partial charge in [0.1, 0.15) is 6.04 Å². The number of amides is 2. The standard InChI is InChI=1S/C22H25Cl3N2O2/c1-3-4-11-26-22(29)15(2)27(14-17-7-10-19(24)13-20(17)25)21(28)12-16-5-8-18(23)9-6-16/h5-10,13,15H,3-4,11-12,14H2,1-2H3,(H,26,29). The fourth-order valence-corrected chi connectivity index (χ4v) is 3.42. The van der Waals surface area contributed by atoms with Crippen molar-refractivity contribution in [2.24, 2.45) is 0 Å². The molecule has 4 nitrogen and oxygen atoms in total. The minimum atomic E-state index is -0.640. The fourth-order valence-electron chi connectivity index (χ4n) is 2.83. The van der Waals surface area contributed by atoms with E-state index in [2.05, 4.69) is 12.2 Å². The molecule has 0 spiro atoms. The number of rotatable bonds is 9. The van der Waals surface area contributed by atoms with Gasteiger partial charge in [-0.1, -0.05) is 66.3 Å². The molecule has 0 aliphatic heterocycles. The molecule has 7 heteroatoms. The van der Waals surface area contributed by atoms with Crippen LogP contribution in [0.25, 0.3) is 0 Å². The van der Waals surface area contributed by atoms with Gasteiger partial charge in [0.15, 0.2) is 0 Å². The van der Waals surface area contributed by atoms with Gasteiger partial charge in [-0.05, 0) is 48.7 Å². The smallest absolute Gasteiger partial charge is 0.242 e. The van der Waals surface area contributed by atoms with Gasteiger partial charge in [0.25, 0.3) is 0 Å². The lowest BCUT2D eigenvalue weighted by Crippen LogP contribution is -2.48. The second kappa shape index (κ2) is 11.4. The highest BCUT2D eigenvalue weighted by Gasteiger charge is 2.26. The molecular formula is C22H25Cl3N2O2. The lowest BCUT2D eigenvalue weighted by Gasteiger charge is -2.29. The van der Waals surface area contributed by atoms with E-state index in [-0.39, 0.29) is 24.8 Å². The van der Waals surface area contributed by atoms with Crippen LogP contribution in [0.15, 0.2) is 42.5 Å². The van der Waals surface area contributed by atoms with Gasteiger partial charge in [-0.3, -0.25) is 9.59 Å². The van der Waals surface area contributed by atoms with Crippen LogP contribution in [0.4, 0.5) is 0 Å². The molecule has 0 saturated carbocycles. The summed E-state index contributed by atoms with van der Waals surface area (Å²) in [6.07, 6.45) is 2.03. The summed E-state index contributed by atoms with van der Waals surface area (Å²) in [7, 11) is 0. The molecule has 2 rings (SSSR count). The van der Waals surface area contributed by atoms with Crippen molar-refractivity contribution < 1.29 is 9.59 Å². The Hall–Kier alpha value is -1.75. The number of benzene rings is 2. The van der Waals surface area contributed by atoms with Gasteiger partial charge in [0.2, 0.25) is 11.8 Å². The Morgan fingerprint density at radius 3 is 2.31 bits per heavy atom. The number of nitrogens with one attached hydrogen (secondary N) is 1. The van der Waals surface area contributed by atoms with Gasteiger partial charge in [-0.2, -0.15) is 0 Å². The van der Waals surface area contributed by atoms with Gasteiger partial charge in [0.05, 0.1) is 6.42 Å². The van der Waals surface area contributed by atoms with E-state index in [9.17, 15) is 9.59 Å². The van der Waals surface area contributed by atoms with Gasteiger partial charge in [-0.15, -0.1) is 0 Å². The molecule has 156 valence electrons. The highest BCUT2D eigenvalue weighted by Crippen LogP contribution is 2.23. The molecule has 1 atom stereocenters. The van der Waals surface area contributed by atoms with Gasteiger partial charge >= 0.3 is 0 Å². The molecule has 0 heterocycles. The fraction of sp³-hybridized carbons (Fsp3) is 0.364. The zero-order valence-corrected chi connectivity index (χ0v) is 18.8. The molecule has 2 amide bonds. The van der Waals surface area contributed by atoms with Crippen LogP contribution in [0.2, 0.25) is 15.1 Å². The Labute approximate surface area is 187 Å². The highest BCUT2D eigenvalue weighted by molar-refractivity contribution is 6.35. The summed E-state index contributed by atoms with van der Waals surface area (Å²) < 4.78 is 0. The normalized spacial score (nSPS) is 11.8. The van der Waals surface area contributed by atoms with E-state index >= 15 is 0 Å². The van der Waals surface area contributed by atoms with Crippen molar-refractivity contribution in [2.75, 3.05) is 6.54 Å². The molecule has 1 unspecified atom stereocenters. The molecule has 0 saturated heterocycles. The molecule has 0 fully saturated rings. The molecule has 0 aromatic heterocycles. The van der Waals surface area contributed by atoms with Gasteiger partial charge in [0, 0.05) is 28.2 Å². The highest BCUT2D eigenvalue weighted by atomic mass is 35.5. The summed E-state index contributed by atoms with van der Waals surface area (Å²) >= 11 is 18.2. The van der Waals surface area contributed by atoms with E-state index in [0.717, 1.165) is 24.0 Å². The average molecular weight is 456 g/mol. The number of hydrogen-bond acceptors (Lipinski definition) is 2. The molecule has 2 aromatic carbocycles. The third-order valence-electron chi connectivity index (χ3n) is 4.62. The van der Waals surface area contributed by atoms with Crippen molar-refractivity contribution in [1.82, 2.24) is 10.2 Å². The maximum atomic E-state index is 13.1. The molecule has 2 aromatic rings. The van der Waals surface area contributed by atoms with E-state index in [0.29, 0.717) is 21.6 Å². The topological polar surface area (TPSA) is 49.4 Å². The molecule has 1 N–H and O–H groups in total. The second-order valence-corrected chi connectivity index (χ2v) is 8.16. The van der Waals surface area contributed by atoms with Gasteiger partial charge in [-0.25, -0.2) is 0 Å². The van der Waals surface area contributed by atoms with Crippen molar-refractivity contribution in [3.63, 3.8) is 0 Å². The first-order valence-electron chi connectivity index (χ1n) is 9.57. The Kier molecular flexibility index (Phi) is 9.28. The first-order valence-corrected chi connectivity index (χ1v) is 10.7. The summed E-state index contributed by atoms with van der Waals surface area (Å²) in [6.45, 7) is 4.58. The first kappa shape index (κ1) is 23.5. The largest absolute Gasteiger partial charge is 0.354 e. The summed E-state index contributed by atoms with van der Waals surface area (Å²) in [5, 5.41) is 4.48. The molecule has 29 heavy (non-hydrogen) atoms. The van der Waals surface area contributed by atoms with E-state index in [4.69, 9.17) is 34.8 Å². The lowest BCUT2D eigenvalue weighted by molar-refractivity contribution is -0.140. The maximum absolute atomic E-state index is 13.1. The molecule has 0 bridgehead atoms. The molecular weight excluding hydrogens is 431 g/mol. The van der Waals surface area contributed by atoms with E-state index in [1.165, 1.54) is 0 Å². The Bertz CT molecular complexity index is 840. The van der Waals surface area contributed by atoms with Crippen LogP contribution in [-0.4, -0.2) is 29.3 Å². The van der Waals surface area contributed by atoms with Crippen LogP contribution in [0.5, 0.6) is 0 Å². The minimum Gasteiger partial charge on any atom is -0.354 e. The summed E-state index contributed by atoms with van der Waals surface area (Å²) in [5.74, 6) is -0.357. The minimum absolute atomic E-state index is 0.162. The van der Waals surface area contributed by atoms with Crippen LogP contribution < -0.4 is 5.32 Å². The molecule has 0 aliphatic rings. The quantitative estimate of drug-likeness (QED) is 0.506. The zero-order chi connectivity index (χ0) is 21.4. The monoisotopic (exact) mass is 454 g/mol. The van der Waals surface area contributed by atoms with Crippen LogP contribution in [-0.2, 0) is 22.6 Å². The summed E-state index contributed by atoms with van der Waals surface area (Å²) in [4.78, 5) is 27.3. The predicted octanol–water partition coefficient (Wildman–Crippen LogP) is 5.52. The average Bonchev–Trinajstić information content (AvgIpc) is 2.68.